The standard InChI is InChI=1S/C11H14ClN3/c1-7-5-9(12)6-15-10(3-4-13)8(2)14-11(7)15/h5-6H,3-4,13H2,1-2H3. The van der Waals surface area contributed by atoms with Gasteiger partial charge >= 0.3 is 0 Å². The summed E-state index contributed by atoms with van der Waals surface area (Å²) in [4.78, 5) is 4.52. The van der Waals surface area contributed by atoms with Crippen LogP contribution in [0.25, 0.3) is 5.65 Å². The molecule has 0 aliphatic carbocycles. The monoisotopic (exact) mass is 223 g/mol. The average Bonchev–Trinajstić information content (AvgIpc) is 2.46. The highest BCUT2D eigenvalue weighted by Crippen LogP contribution is 2.20. The molecule has 0 amide bonds. The van der Waals surface area contributed by atoms with Gasteiger partial charge in [-0.15, -0.1) is 0 Å². The molecule has 0 saturated heterocycles. The van der Waals surface area contributed by atoms with Crippen LogP contribution in [0.15, 0.2) is 12.3 Å². The third-order valence-electron chi connectivity index (χ3n) is 2.55. The van der Waals surface area contributed by atoms with E-state index in [0.717, 1.165) is 34.0 Å². The number of nitrogens with zero attached hydrogens (tertiary/aromatic N) is 2. The zero-order chi connectivity index (χ0) is 11.0. The molecule has 0 radical (unpaired) electrons. The van der Waals surface area contributed by atoms with Gasteiger partial charge in [-0.1, -0.05) is 11.6 Å². The Morgan fingerprint density at radius 2 is 2.20 bits per heavy atom. The molecule has 80 valence electrons. The van der Waals surface area contributed by atoms with E-state index in [1.807, 2.05) is 30.5 Å². The van der Waals surface area contributed by atoms with Crippen molar-refractivity contribution in [1.82, 2.24) is 9.38 Å². The Morgan fingerprint density at radius 1 is 1.47 bits per heavy atom. The molecule has 0 aromatic carbocycles. The average molecular weight is 224 g/mol. The lowest BCUT2D eigenvalue weighted by molar-refractivity contribution is 0.893. The SMILES string of the molecule is Cc1nc2c(C)cc(Cl)cn2c1CCN. The first-order valence-corrected chi connectivity index (χ1v) is 5.35. The summed E-state index contributed by atoms with van der Waals surface area (Å²) in [6.07, 6.45) is 2.72. The fraction of sp³-hybridized carbons (Fsp3) is 0.364. The van der Waals surface area contributed by atoms with Gasteiger partial charge in [0, 0.05) is 18.3 Å². The molecule has 2 aromatic heterocycles. The summed E-state index contributed by atoms with van der Waals surface area (Å²) in [6.45, 7) is 4.64. The van der Waals surface area contributed by atoms with Gasteiger partial charge in [0.15, 0.2) is 0 Å². The molecular weight excluding hydrogens is 210 g/mol. The maximum Gasteiger partial charge on any atom is 0.140 e. The quantitative estimate of drug-likeness (QED) is 0.848. The first-order chi connectivity index (χ1) is 7.13. The second-order valence-corrected chi connectivity index (χ2v) is 4.15. The molecular formula is C11H14ClN3. The van der Waals surface area contributed by atoms with Crippen molar-refractivity contribution in [2.75, 3.05) is 6.54 Å². The number of aromatic nitrogens is 2. The van der Waals surface area contributed by atoms with Gasteiger partial charge in [-0.05, 0) is 32.0 Å². The van der Waals surface area contributed by atoms with Gasteiger partial charge in [0.05, 0.1) is 10.7 Å². The Balaban J connectivity index is 2.74. The molecule has 0 bridgehead atoms. The highest BCUT2D eigenvalue weighted by Gasteiger charge is 2.10. The van der Waals surface area contributed by atoms with E-state index >= 15 is 0 Å². The molecule has 0 aliphatic heterocycles. The lowest BCUT2D eigenvalue weighted by atomic mass is 10.2. The number of hydrogen-bond donors (Lipinski definition) is 1. The van der Waals surface area contributed by atoms with Crippen LogP contribution < -0.4 is 5.73 Å². The minimum Gasteiger partial charge on any atom is -0.330 e. The van der Waals surface area contributed by atoms with Crippen molar-refractivity contribution in [3.8, 4) is 0 Å². The topological polar surface area (TPSA) is 43.3 Å². The highest BCUT2D eigenvalue weighted by molar-refractivity contribution is 6.30. The number of fused-ring (bicyclic) bond motifs is 1. The van der Waals surface area contributed by atoms with E-state index in [1.165, 1.54) is 0 Å². The van der Waals surface area contributed by atoms with Crippen LogP contribution in [0.4, 0.5) is 0 Å². The zero-order valence-corrected chi connectivity index (χ0v) is 9.67. The summed E-state index contributed by atoms with van der Waals surface area (Å²) in [7, 11) is 0. The molecule has 0 fully saturated rings. The Hall–Kier alpha value is -1.06. The van der Waals surface area contributed by atoms with Crippen molar-refractivity contribution >= 4 is 17.2 Å². The molecule has 0 atom stereocenters. The van der Waals surface area contributed by atoms with Gasteiger partial charge in [-0.25, -0.2) is 4.98 Å². The third-order valence-corrected chi connectivity index (χ3v) is 2.76. The van der Waals surface area contributed by atoms with Crippen LogP contribution in [0, 0.1) is 13.8 Å². The number of pyridine rings is 1. The van der Waals surface area contributed by atoms with Crippen molar-refractivity contribution in [2.24, 2.45) is 5.73 Å². The maximum absolute atomic E-state index is 6.03. The van der Waals surface area contributed by atoms with Crippen LogP contribution in [-0.2, 0) is 6.42 Å². The van der Waals surface area contributed by atoms with Crippen LogP contribution in [0.1, 0.15) is 17.0 Å². The number of hydrogen-bond acceptors (Lipinski definition) is 2. The van der Waals surface area contributed by atoms with Crippen molar-refractivity contribution in [1.29, 1.82) is 0 Å². The number of rotatable bonds is 2. The Labute approximate surface area is 93.9 Å². The van der Waals surface area contributed by atoms with E-state index in [0.29, 0.717) is 6.54 Å². The molecule has 15 heavy (non-hydrogen) atoms. The molecule has 0 aliphatic rings. The first-order valence-electron chi connectivity index (χ1n) is 4.97. The summed E-state index contributed by atoms with van der Waals surface area (Å²) < 4.78 is 2.04. The highest BCUT2D eigenvalue weighted by atomic mass is 35.5. The molecule has 2 aromatic rings. The van der Waals surface area contributed by atoms with Crippen molar-refractivity contribution < 1.29 is 0 Å². The van der Waals surface area contributed by atoms with Crippen molar-refractivity contribution in [3.05, 3.63) is 34.2 Å². The van der Waals surface area contributed by atoms with Gasteiger partial charge in [0.2, 0.25) is 0 Å². The predicted octanol–water partition coefficient (Wildman–Crippen LogP) is 2.11. The molecule has 0 unspecified atom stereocenters. The molecule has 2 rings (SSSR count). The van der Waals surface area contributed by atoms with Crippen LogP contribution in [0.5, 0.6) is 0 Å². The van der Waals surface area contributed by atoms with Crippen molar-refractivity contribution in [3.63, 3.8) is 0 Å². The normalized spacial score (nSPS) is 11.2. The summed E-state index contributed by atoms with van der Waals surface area (Å²) >= 11 is 6.03. The van der Waals surface area contributed by atoms with E-state index in [9.17, 15) is 0 Å². The minimum atomic E-state index is 0.625. The van der Waals surface area contributed by atoms with E-state index in [4.69, 9.17) is 17.3 Å². The van der Waals surface area contributed by atoms with Gasteiger partial charge in [0.1, 0.15) is 5.65 Å². The smallest absolute Gasteiger partial charge is 0.140 e. The Kier molecular flexibility index (Phi) is 2.67. The predicted molar refractivity (Wildman–Crippen MR) is 62.4 cm³/mol. The molecule has 4 heteroatoms. The summed E-state index contributed by atoms with van der Waals surface area (Å²) in [6, 6.07) is 1.93. The van der Waals surface area contributed by atoms with Crippen LogP contribution >= 0.6 is 11.6 Å². The minimum absolute atomic E-state index is 0.625. The molecule has 2 heterocycles. The lowest BCUT2D eigenvalue weighted by Crippen LogP contribution is -2.06. The van der Waals surface area contributed by atoms with E-state index in [-0.39, 0.29) is 0 Å². The molecule has 0 spiro atoms. The second-order valence-electron chi connectivity index (χ2n) is 3.72. The number of halogens is 1. The lowest BCUT2D eigenvalue weighted by Gasteiger charge is -2.03. The van der Waals surface area contributed by atoms with Gasteiger partial charge in [-0.2, -0.15) is 0 Å². The van der Waals surface area contributed by atoms with Crippen LogP contribution in [-0.4, -0.2) is 15.9 Å². The fourth-order valence-corrected chi connectivity index (χ4v) is 2.13. The van der Waals surface area contributed by atoms with E-state index in [2.05, 4.69) is 4.98 Å². The zero-order valence-electron chi connectivity index (χ0n) is 8.92. The fourth-order valence-electron chi connectivity index (χ4n) is 1.87. The van der Waals surface area contributed by atoms with Crippen LogP contribution in [0.2, 0.25) is 5.02 Å². The summed E-state index contributed by atoms with van der Waals surface area (Å²) in [5.74, 6) is 0. The van der Waals surface area contributed by atoms with E-state index < -0.39 is 0 Å². The Bertz CT molecular complexity index is 502. The number of nitrogens with two attached hydrogens (primary N) is 1. The molecule has 2 N–H and O–H groups in total. The number of imidazole rings is 1. The second kappa shape index (κ2) is 3.83. The molecule has 3 nitrogen and oxygen atoms in total. The van der Waals surface area contributed by atoms with E-state index in [1.54, 1.807) is 0 Å². The summed E-state index contributed by atoms with van der Waals surface area (Å²) in [5.41, 5.74) is 9.83. The van der Waals surface area contributed by atoms with Gasteiger partial charge in [0.25, 0.3) is 0 Å². The number of aryl methyl sites for hydroxylation is 2. The maximum atomic E-state index is 6.03. The van der Waals surface area contributed by atoms with Crippen molar-refractivity contribution in [2.45, 2.75) is 20.3 Å². The van der Waals surface area contributed by atoms with Gasteiger partial charge < -0.3 is 10.1 Å². The van der Waals surface area contributed by atoms with Crippen LogP contribution in [0.3, 0.4) is 0 Å². The van der Waals surface area contributed by atoms with Gasteiger partial charge in [-0.3, -0.25) is 0 Å². The first kappa shape index (κ1) is 10.5. The Morgan fingerprint density at radius 3 is 2.87 bits per heavy atom. The third kappa shape index (κ3) is 1.73. The summed E-state index contributed by atoms with van der Waals surface area (Å²) in [5, 5.41) is 0.732. The largest absolute Gasteiger partial charge is 0.330 e. The molecule has 0 saturated carbocycles.